The highest BCUT2D eigenvalue weighted by atomic mass is 127. The molecule has 0 aliphatic rings. The maximum atomic E-state index is 12.2. The molecule has 2 rings (SSSR count). The van der Waals surface area contributed by atoms with Crippen LogP contribution in [0.5, 0.6) is 5.75 Å². The van der Waals surface area contributed by atoms with Crippen LogP contribution in [-0.4, -0.2) is 37.3 Å². The van der Waals surface area contributed by atoms with Crippen molar-refractivity contribution in [2.45, 2.75) is 32.5 Å². The van der Waals surface area contributed by atoms with Crippen molar-refractivity contribution in [2.24, 2.45) is 4.99 Å². The summed E-state index contributed by atoms with van der Waals surface area (Å²) in [4.78, 5) is 4.58. The average Bonchev–Trinajstić information content (AvgIpc) is 2.70. The van der Waals surface area contributed by atoms with Crippen LogP contribution >= 0.6 is 24.0 Å². The normalized spacial score (nSPS) is 13.4. The first-order valence-electron chi connectivity index (χ1n) is 9.29. The topological polar surface area (TPSA) is 65.9 Å². The van der Waals surface area contributed by atoms with Crippen LogP contribution in [0, 0.1) is 0 Å². The van der Waals surface area contributed by atoms with Gasteiger partial charge < -0.3 is 20.5 Å². The van der Waals surface area contributed by atoms with Gasteiger partial charge in [-0.2, -0.15) is 8.78 Å². The molecule has 0 heterocycles. The van der Waals surface area contributed by atoms with E-state index in [9.17, 15) is 13.9 Å². The number of hydrogen-bond donors (Lipinski definition) is 3. The molecule has 5 nitrogen and oxygen atoms in total. The number of aliphatic imine (C=N–C) groups is 1. The lowest BCUT2D eigenvalue weighted by molar-refractivity contribution is -0.0498. The molecule has 0 aliphatic carbocycles. The summed E-state index contributed by atoms with van der Waals surface area (Å²) in [6.45, 7) is 2.75. The zero-order valence-corrected chi connectivity index (χ0v) is 18.8. The molecule has 0 aromatic heterocycles. The minimum atomic E-state index is -2.87. The number of ether oxygens (including phenoxy) is 1. The van der Waals surface area contributed by atoms with Gasteiger partial charge in [0.05, 0.1) is 6.10 Å². The molecule has 0 aliphatic heterocycles. The summed E-state index contributed by atoms with van der Waals surface area (Å²) < 4.78 is 28.7. The van der Waals surface area contributed by atoms with Crippen molar-refractivity contribution in [3.05, 3.63) is 65.7 Å². The van der Waals surface area contributed by atoms with Gasteiger partial charge in [-0.3, -0.25) is 4.99 Å². The summed E-state index contributed by atoms with van der Waals surface area (Å²) in [5.41, 5.74) is 1.82. The van der Waals surface area contributed by atoms with Crippen LogP contribution in [-0.2, 0) is 0 Å². The Kier molecular flexibility index (Phi) is 11.5. The standard InChI is InChI=1S/C21H27F2N3O2.HI/c1-3-24-21(25-13-15(2)16-7-5-4-6-8-16)26-14-19(27)17-9-11-18(12-10-17)28-20(22)23;/h4-12,15,19-20,27H,3,13-14H2,1-2H3,(H2,24,25,26);1H. The van der Waals surface area contributed by atoms with E-state index in [0.717, 1.165) is 0 Å². The first-order chi connectivity index (χ1) is 13.5. The van der Waals surface area contributed by atoms with E-state index in [1.807, 2.05) is 25.1 Å². The predicted octanol–water partition coefficient (Wildman–Crippen LogP) is 4.30. The second kappa shape index (κ2) is 13.3. The number of aliphatic hydroxyl groups excluding tert-OH is 1. The smallest absolute Gasteiger partial charge is 0.387 e. The molecule has 2 unspecified atom stereocenters. The Morgan fingerprint density at radius 1 is 1.03 bits per heavy atom. The van der Waals surface area contributed by atoms with Gasteiger partial charge in [-0.05, 0) is 30.2 Å². The molecule has 2 atom stereocenters. The van der Waals surface area contributed by atoms with Gasteiger partial charge in [0.1, 0.15) is 5.75 Å². The molecule has 2 aromatic rings. The maximum absolute atomic E-state index is 12.2. The Balaban J connectivity index is 0.00000420. The number of nitrogens with zero attached hydrogens (tertiary/aromatic N) is 1. The Morgan fingerprint density at radius 3 is 2.28 bits per heavy atom. The largest absolute Gasteiger partial charge is 0.435 e. The Bertz CT molecular complexity index is 730. The number of guanidine groups is 1. The van der Waals surface area contributed by atoms with E-state index >= 15 is 0 Å². The molecule has 0 spiro atoms. The monoisotopic (exact) mass is 519 g/mol. The highest BCUT2D eigenvalue weighted by molar-refractivity contribution is 14.0. The summed E-state index contributed by atoms with van der Waals surface area (Å²) in [6, 6.07) is 16.1. The number of nitrogens with one attached hydrogen (secondary N) is 2. The third-order valence-corrected chi connectivity index (χ3v) is 4.19. The number of hydrogen-bond acceptors (Lipinski definition) is 3. The fourth-order valence-electron chi connectivity index (χ4n) is 2.64. The maximum Gasteiger partial charge on any atom is 0.387 e. The fraction of sp³-hybridized carbons (Fsp3) is 0.381. The third-order valence-electron chi connectivity index (χ3n) is 4.19. The lowest BCUT2D eigenvalue weighted by atomic mass is 10.0. The van der Waals surface area contributed by atoms with Gasteiger partial charge >= 0.3 is 6.61 Å². The van der Waals surface area contributed by atoms with Crippen molar-refractivity contribution in [1.82, 2.24) is 10.6 Å². The lowest BCUT2D eigenvalue weighted by Gasteiger charge is -2.17. The summed E-state index contributed by atoms with van der Waals surface area (Å²) in [5, 5.41) is 16.6. The van der Waals surface area contributed by atoms with Crippen molar-refractivity contribution in [2.75, 3.05) is 19.6 Å². The van der Waals surface area contributed by atoms with E-state index in [-0.39, 0.29) is 42.2 Å². The van der Waals surface area contributed by atoms with Gasteiger partial charge in [-0.1, -0.05) is 49.4 Å². The summed E-state index contributed by atoms with van der Waals surface area (Å²) >= 11 is 0. The average molecular weight is 519 g/mol. The Hall–Kier alpha value is -1.94. The Morgan fingerprint density at radius 2 is 1.69 bits per heavy atom. The molecule has 160 valence electrons. The van der Waals surface area contributed by atoms with E-state index in [4.69, 9.17) is 0 Å². The van der Waals surface area contributed by atoms with Crippen LogP contribution in [0.15, 0.2) is 59.6 Å². The lowest BCUT2D eigenvalue weighted by Crippen LogP contribution is -2.39. The highest BCUT2D eigenvalue weighted by Gasteiger charge is 2.11. The van der Waals surface area contributed by atoms with E-state index in [1.54, 1.807) is 12.1 Å². The van der Waals surface area contributed by atoms with Crippen LogP contribution in [0.3, 0.4) is 0 Å². The second-order valence-electron chi connectivity index (χ2n) is 6.38. The van der Waals surface area contributed by atoms with Crippen LogP contribution < -0.4 is 15.4 Å². The van der Waals surface area contributed by atoms with Gasteiger partial charge in [0, 0.05) is 25.6 Å². The number of halogens is 3. The van der Waals surface area contributed by atoms with E-state index < -0.39 is 12.7 Å². The zero-order valence-electron chi connectivity index (χ0n) is 16.5. The van der Waals surface area contributed by atoms with Crippen molar-refractivity contribution >= 4 is 29.9 Å². The van der Waals surface area contributed by atoms with E-state index in [0.29, 0.717) is 24.6 Å². The number of rotatable bonds is 9. The SMILES string of the molecule is CCNC(=NCC(C)c1ccccc1)NCC(O)c1ccc(OC(F)F)cc1.I. The molecule has 0 radical (unpaired) electrons. The molecular formula is C21H28F2IN3O2. The van der Waals surface area contributed by atoms with Gasteiger partial charge in [-0.15, -0.1) is 24.0 Å². The zero-order chi connectivity index (χ0) is 20.4. The molecule has 0 saturated heterocycles. The summed E-state index contributed by atoms with van der Waals surface area (Å²) in [5.74, 6) is 0.939. The van der Waals surface area contributed by atoms with Crippen molar-refractivity contribution in [3.8, 4) is 5.75 Å². The van der Waals surface area contributed by atoms with Gasteiger partial charge in [0.25, 0.3) is 0 Å². The number of alkyl halides is 2. The molecule has 0 bridgehead atoms. The van der Waals surface area contributed by atoms with Crippen LogP contribution in [0.25, 0.3) is 0 Å². The predicted molar refractivity (Wildman–Crippen MR) is 122 cm³/mol. The van der Waals surface area contributed by atoms with Crippen LogP contribution in [0.2, 0.25) is 0 Å². The minimum absolute atomic E-state index is 0. The van der Waals surface area contributed by atoms with Crippen LogP contribution in [0.4, 0.5) is 8.78 Å². The third kappa shape index (κ3) is 8.95. The summed E-state index contributed by atoms with van der Waals surface area (Å²) in [6.07, 6.45) is -0.809. The molecule has 0 saturated carbocycles. The first-order valence-corrected chi connectivity index (χ1v) is 9.29. The van der Waals surface area contributed by atoms with Crippen molar-refractivity contribution in [3.63, 3.8) is 0 Å². The fourth-order valence-corrected chi connectivity index (χ4v) is 2.64. The van der Waals surface area contributed by atoms with E-state index in [1.165, 1.54) is 17.7 Å². The highest BCUT2D eigenvalue weighted by Crippen LogP contribution is 2.19. The Labute approximate surface area is 187 Å². The van der Waals surface area contributed by atoms with E-state index in [2.05, 4.69) is 39.4 Å². The number of aliphatic hydroxyl groups is 1. The second-order valence-corrected chi connectivity index (χ2v) is 6.38. The minimum Gasteiger partial charge on any atom is -0.435 e. The number of benzene rings is 2. The van der Waals surface area contributed by atoms with Crippen molar-refractivity contribution < 1.29 is 18.6 Å². The quantitative estimate of drug-likeness (QED) is 0.263. The molecule has 0 fully saturated rings. The molecule has 2 aromatic carbocycles. The van der Waals surface area contributed by atoms with Gasteiger partial charge in [0.15, 0.2) is 5.96 Å². The molecule has 3 N–H and O–H groups in total. The molecule has 29 heavy (non-hydrogen) atoms. The molecular weight excluding hydrogens is 491 g/mol. The van der Waals surface area contributed by atoms with Crippen LogP contribution in [0.1, 0.15) is 37.0 Å². The van der Waals surface area contributed by atoms with Crippen molar-refractivity contribution in [1.29, 1.82) is 0 Å². The van der Waals surface area contributed by atoms with Gasteiger partial charge in [-0.25, -0.2) is 0 Å². The summed E-state index contributed by atoms with van der Waals surface area (Å²) in [7, 11) is 0. The molecule has 8 heteroatoms. The first kappa shape index (κ1) is 25.1. The van der Waals surface area contributed by atoms with Gasteiger partial charge in [0.2, 0.25) is 0 Å². The molecule has 0 amide bonds.